The summed E-state index contributed by atoms with van der Waals surface area (Å²) in [5.41, 5.74) is 1.51. The second-order valence-corrected chi connectivity index (χ2v) is 5.75. The third kappa shape index (κ3) is 6.39. The predicted molar refractivity (Wildman–Crippen MR) is 111 cm³/mol. The molecule has 0 bridgehead atoms. The van der Waals surface area contributed by atoms with Gasteiger partial charge in [0.25, 0.3) is 0 Å². The zero-order valence-electron chi connectivity index (χ0n) is 16.5. The third-order valence-corrected chi connectivity index (χ3v) is 3.69. The molecule has 0 aliphatic carbocycles. The van der Waals surface area contributed by atoms with E-state index in [0.29, 0.717) is 42.0 Å². The van der Waals surface area contributed by atoms with E-state index in [1.807, 2.05) is 30.3 Å². The van der Waals surface area contributed by atoms with Crippen LogP contribution in [0.3, 0.4) is 0 Å². The molecule has 0 atom stereocenters. The molecule has 0 radical (unpaired) electrons. The number of hydrogen-bond acceptors (Lipinski definition) is 5. The van der Waals surface area contributed by atoms with Gasteiger partial charge in [0, 0.05) is 37.5 Å². The van der Waals surface area contributed by atoms with Crippen molar-refractivity contribution >= 4 is 23.2 Å². The molecule has 150 valence electrons. The fourth-order valence-electron chi connectivity index (χ4n) is 2.44. The Hall–Kier alpha value is -3.42. The number of amides is 1. The van der Waals surface area contributed by atoms with Crippen molar-refractivity contribution in [1.29, 1.82) is 0 Å². The molecule has 0 saturated heterocycles. The van der Waals surface area contributed by atoms with Crippen LogP contribution in [-0.2, 0) is 4.79 Å². The Morgan fingerprint density at radius 2 is 1.75 bits per heavy atom. The number of anilines is 2. The van der Waals surface area contributed by atoms with Crippen LogP contribution in [0.2, 0.25) is 0 Å². The summed E-state index contributed by atoms with van der Waals surface area (Å²) in [5.74, 6) is 2.44. The highest BCUT2D eigenvalue weighted by atomic mass is 16.5. The van der Waals surface area contributed by atoms with Crippen molar-refractivity contribution in [1.82, 2.24) is 5.32 Å². The summed E-state index contributed by atoms with van der Waals surface area (Å²) in [6.07, 6.45) is 0. The Bertz CT molecular complexity index is 824. The number of methoxy groups -OCH3 is 2. The minimum atomic E-state index is -0.121. The second-order valence-electron chi connectivity index (χ2n) is 5.75. The zero-order valence-corrected chi connectivity index (χ0v) is 16.5. The minimum Gasteiger partial charge on any atom is -0.493 e. The van der Waals surface area contributed by atoms with Crippen LogP contribution in [0.1, 0.15) is 6.92 Å². The first-order valence-corrected chi connectivity index (χ1v) is 8.76. The standard InChI is InChI=1S/C20H26N4O4/c1-14(25)23-15-6-5-7-17(12-15)28-11-10-22-20(21-2)24-16-8-9-18(26-3)19(13-16)27-4/h5-9,12-13H,10-11H2,1-4H3,(H,23,25)(H2,21,22,24). The number of hydrogen-bond donors (Lipinski definition) is 3. The van der Waals surface area contributed by atoms with Crippen LogP contribution in [0.25, 0.3) is 0 Å². The molecule has 0 heterocycles. The topological polar surface area (TPSA) is 93.2 Å². The van der Waals surface area contributed by atoms with Gasteiger partial charge in [-0.2, -0.15) is 0 Å². The predicted octanol–water partition coefficient (Wildman–Crippen LogP) is 2.73. The van der Waals surface area contributed by atoms with Crippen molar-refractivity contribution in [2.45, 2.75) is 6.92 Å². The van der Waals surface area contributed by atoms with Crippen LogP contribution in [0.4, 0.5) is 11.4 Å². The molecule has 28 heavy (non-hydrogen) atoms. The molecular weight excluding hydrogens is 360 g/mol. The van der Waals surface area contributed by atoms with Gasteiger partial charge in [-0.25, -0.2) is 0 Å². The fourth-order valence-corrected chi connectivity index (χ4v) is 2.44. The van der Waals surface area contributed by atoms with Crippen LogP contribution in [0.5, 0.6) is 17.2 Å². The van der Waals surface area contributed by atoms with Gasteiger partial charge in [-0.05, 0) is 24.3 Å². The molecule has 1 amide bonds. The Morgan fingerprint density at radius 3 is 2.43 bits per heavy atom. The highest BCUT2D eigenvalue weighted by Crippen LogP contribution is 2.29. The first-order chi connectivity index (χ1) is 13.5. The third-order valence-electron chi connectivity index (χ3n) is 3.69. The molecule has 0 spiro atoms. The number of aliphatic imine (C=N–C) groups is 1. The normalized spacial score (nSPS) is 10.8. The number of carbonyl (C=O) groups is 1. The molecule has 3 N–H and O–H groups in total. The van der Waals surface area contributed by atoms with Gasteiger partial charge in [-0.3, -0.25) is 9.79 Å². The van der Waals surface area contributed by atoms with E-state index < -0.39 is 0 Å². The molecule has 0 saturated carbocycles. The van der Waals surface area contributed by atoms with Crippen molar-refractivity contribution in [3.05, 3.63) is 42.5 Å². The molecule has 0 unspecified atom stereocenters. The lowest BCUT2D eigenvalue weighted by molar-refractivity contribution is -0.114. The molecule has 0 fully saturated rings. The van der Waals surface area contributed by atoms with Crippen LogP contribution in [0, 0.1) is 0 Å². The lowest BCUT2D eigenvalue weighted by atomic mass is 10.3. The molecule has 2 aromatic rings. The lowest BCUT2D eigenvalue weighted by Crippen LogP contribution is -2.33. The van der Waals surface area contributed by atoms with E-state index in [2.05, 4.69) is 20.9 Å². The zero-order chi connectivity index (χ0) is 20.4. The average molecular weight is 386 g/mol. The molecule has 2 aromatic carbocycles. The summed E-state index contributed by atoms with van der Waals surface area (Å²) in [6.45, 7) is 2.43. The number of nitrogens with one attached hydrogen (secondary N) is 3. The van der Waals surface area contributed by atoms with Gasteiger partial charge in [-0.15, -0.1) is 0 Å². The van der Waals surface area contributed by atoms with Crippen LogP contribution in [-0.4, -0.2) is 46.3 Å². The van der Waals surface area contributed by atoms with Gasteiger partial charge < -0.3 is 30.2 Å². The van der Waals surface area contributed by atoms with E-state index in [4.69, 9.17) is 14.2 Å². The van der Waals surface area contributed by atoms with Crippen molar-refractivity contribution < 1.29 is 19.0 Å². The maximum Gasteiger partial charge on any atom is 0.221 e. The summed E-state index contributed by atoms with van der Waals surface area (Å²) in [7, 11) is 4.87. The quantitative estimate of drug-likeness (QED) is 0.367. The monoisotopic (exact) mass is 386 g/mol. The summed E-state index contributed by atoms with van der Waals surface area (Å²) < 4.78 is 16.2. The number of carbonyl (C=O) groups excluding carboxylic acids is 1. The molecular formula is C20H26N4O4. The van der Waals surface area contributed by atoms with Crippen LogP contribution < -0.4 is 30.2 Å². The summed E-state index contributed by atoms with van der Waals surface area (Å²) in [4.78, 5) is 15.3. The van der Waals surface area contributed by atoms with Gasteiger partial charge in [0.2, 0.25) is 5.91 Å². The van der Waals surface area contributed by atoms with E-state index in [0.717, 1.165) is 5.69 Å². The highest BCUT2D eigenvalue weighted by Gasteiger charge is 2.06. The highest BCUT2D eigenvalue weighted by molar-refractivity contribution is 5.93. The van der Waals surface area contributed by atoms with Crippen molar-refractivity contribution in [2.24, 2.45) is 4.99 Å². The van der Waals surface area contributed by atoms with E-state index in [9.17, 15) is 4.79 Å². The largest absolute Gasteiger partial charge is 0.493 e. The van der Waals surface area contributed by atoms with Crippen LogP contribution >= 0.6 is 0 Å². The molecule has 8 nitrogen and oxygen atoms in total. The van der Waals surface area contributed by atoms with Gasteiger partial charge in [0.15, 0.2) is 17.5 Å². The van der Waals surface area contributed by atoms with Crippen molar-refractivity contribution in [3.63, 3.8) is 0 Å². The first-order valence-electron chi connectivity index (χ1n) is 8.76. The van der Waals surface area contributed by atoms with Gasteiger partial charge in [0.1, 0.15) is 12.4 Å². The minimum absolute atomic E-state index is 0.121. The van der Waals surface area contributed by atoms with E-state index in [1.165, 1.54) is 6.92 Å². The molecule has 0 aliphatic rings. The summed E-state index contributed by atoms with van der Waals surface area (Å²) in [5, 5.41) is 9.08. The molecule has 0 aliphatic heterocycles. The maximum atomic E-state index is 11.1. The smallest absolute Gasteiger partial charge is 0.221 e. The van der Waals surface area contributed by atoms with E-state index in [-0.39, 0.29) is 5.91 Å². The Labute approximate surface area is 164 Å². The lowest BCUT2D eigenvalue weighted by Gasteiger charge is -2.14. The summed E-state index contributed by atoms with van der Waals surface area (Å²) in [6, 6.07) is 12.8. The van der Waals surface area contributed by atoms with Crippen molar-refractivity contribution in [3.8, 4) is 17.2 Å². The molecule has 8 heteroatoms. The summed E-state index contributed by atoms with van der Waals surface area (Å²) >= 11 is 0. The Balaban J connectivity index is 1.84. The van der Waals surface area contributed by atoms with E-state index in [1.54, 1.807) is 33.4 Å². The second kappa shape index (κ2) is 10.7. The molecule has 2 rings (SSSR count). The SMILES string of the molecule is CN=C(NCCOc1cccc(NC(C)=O)c1)Nc1ccc(OC)c(OC)c1. The van der Waals surface area contributed by atoms with Gasteiger partial charge >= 0.3 is 0 Å². The number of nitrogens with zero attached hydrogens (tertiary/aromatic N) is 1. The number of guanidine groups is 1. The number of rotatable bonds is 8. The van der Waals surface area contributed by atoms with Gasteiger partial charge in [-0.1, -0.05) is 6.07 Å². The first kappa shape index (κ1) is 20.9. The number of benzene rings is 2. The fraction of sp³-hybridized carbons (Fsp3) is 0.300. The van der Waals surface area contributed by atoms with E-state index >= 15 is 0 Å². The molecule has 0 aromatic heterocycles. The van der Waals surface area contributed by atoms with Crippen molar-refractivity contribution in [2.75, 3.05) is 45.1 Å². The van der Waals surface area contributed by atoms with Crippen LogP contribution in [0.15, 0.2) is 47.5 Å². The number of ether oxygens (including phenoxy) is 3. The average Bonchev–Trinajstić information content (AvgIpc) is 2.69. The van der Waals surface area contributed by atoms with Gasteiger partial charge in [0.05, 0.1) is 20.8 Å². The Kier molecular flexibility index (Phi) is 7.95. The Morgan fingerprint density at radius 1 is 1.00 bits per heavy atom. The maximum absolute atomic E-state index is 11.1.